The number of phenolic OH excluding ortho intramolecular Hbond substituents is 1. The third-order valence-electron chi connectivity index (χ3n) is 3.16. The summed E-state index contributed by atoms with van der Waals surface area (Å²) in [7, 11) is 0. The van der Waals surface area contributed by atoms with E-state index >= 15 is 0 Å². The first-order valence-corrected chi connectivity index (χ1v) is 7.39. The van der Waals surface area contributed by atoms with Crippen molar-refractivity contribution in [1.29, 1.82) is 0 Å². The maximum absolute atomic E-state index is 12.1. The molecular weight excluding hydrogens is 296 g/mol. The Bertz CT molecular complexity index is 693. The largest absolute Gasteiger partial charge is 0.507 e. The van der Waals surface area contributed by atoms with Crippen LogP contribution in [0.4, 0.5) is 0 Å². The molecule has 0 heterocycles. The van der Waals surface area contributed by atoms with Gasteiger partial charge >= 0.3 is 11.9 Å². The van der Waals surface area contributed by atoms with Crippen LogP contribution < -0.4 is 4.74 Å². The number of esters is 2. The molecule has 2 aromatic rings. The summed E-state index contributed by atoms with van der Waals surface area (Å²) < 4.78 is 10.4. The Morgan fingerprint density at radius 3 is 2.30 bits per heavy atom. The number of carbonyl (C=O) groups excluding carboxylic acids is 2. The second-order valence-electron chi connectivity index (χ2n) is 4.89. The van der Waals surface area contributed by atoms with Gasteiger partial charge in [0.25, 0.3) is 0 Å². The zero-order chi connectivity index (χ0) is 16.7. The van der Waals surface area contributed by atoms with E-state index in [1.165, 1.54) is 24.3 Å². The van der Waals surface area contributed by atoms with Crippen LogP contribution in [0.25, 0.3) is 0 Å². The van der Waals surface area contributed by atoms with E-state index in [1.807, 2.05) is 6.92 Å². The molecule has 1 N–H and O–H groups in total. The van der Waals surface area contributed by atoms with E-state index in [2.05, 4.69) is 0 Å². The van der Waals surface area contributed by atoms with Gasteiger partial charge in [-0.05, 0) is 30.7 Å². The Hall–Kier alpha value is -2.82. The van der Waals surface area contributed by atoms with E-state index in [0.717, 1.165) is 12.8 Å². The summed E-state index contributed by atoms with van der Waals surface area (Å²) in [6.45, 7) is 2.31. The molecule has 0 aliphatic heterocycles. The van der Waals surface area contributed by atoms with E-state index in [4.69, 9.17) is 9.47 Å². The van der Waals surface area contributed by atoms with Crippen molar-refractivity contribution < 1.29 is 24.2 Å². The quantitative estimate of drug-likeness (QED) is 0.501. The van der Waals surface area contributed by atoms with Crippen LogP contribution in [0.15, 0.2) is 48.5 Å². The van der Waals surface area contributed by atoms with Crippen molar-refractivity contribution in [3.05, 3.63) is 59.7 Å². The molecule has 0 aliphatic rings. The van der Waals surface area contributed by atoms with Gasteiger partial charge in [-0.25, -0.2) is 9.59 Å². The lowest BCUT2D eigenvalue weighted by molar-refractivity contribution is 0.0494. The highest BCUT2D eigenvalue weighted by molar-refractivity contribution is 5.97. The molecule has 5 nitrogen and oxygen atoms in total. The number of para-hydroxylation sites is 2. The highest BCUT2D eigenvalue weighted by Gasteiger charge is 2.18. The van der Waals surface area contributed by atoms with Crippen LogP contribution in [-0.2, 0) is 4.74 Å². The van der Waals surface area contributed by atoms with Gasteiger partial charge in [0.1, 0.15) is 22.6 Å². The molecule has 0 atom stereocenters. The maximum Gasteiger partial charge on any atom is 0.347 e. The van der Waals surface area contributed by atoms with Gasteiger partial charge in [-0.15, -0.1) is 0 Å². The second kappa shape index (κ2) is 7.98. The van der Waals surface area contributed by atoms with Gasteiger partial charge < -0.3 is 14.6 Å². The predicted molar refractivity (Wildman–Crippen MR) is 84.7 cm³/mol. The third-order valence-corrected chi connectivity index (χ3v) is 3.16. The number of aromatic hydroxyl groups is 1. The number of benzene rings is 2. The van der Waals surface area contributed by atoms with Crippen LogP contribution >= 0.6 is 0 Å². The lowest BCUT2D eigenvalue weighted by Gasteiger charge is -2.10. The Morgan fingerprint density at radius 1 is 0.957 bits per heavy atom. The molecule has 0 fully saturated rings. The summed E-state index contributed by atoms with van der Waals surface area (Å²) >= 11 is 0. The molecule has 5 heteroatoms. The summed E-state index contributed by atoms with van der Waals surface area (Å²) in [6, 6.07) is 12.4. The van der Waals surface area contributed by atoms with Crippen molar-refractivity contribution in [2.45, 2.75) is 19.8 Å². The van der Waals surface area contributed by atoms with Gasteiger partial charge in [-0.1, -0.05) is 37.6 Å². The zero-order valence-corrected chi connectivity index (χ0v) is 12.8. The SMILES string of the molecule is CCCCOC(=O)c1ccccc1OC(=O)c1ccccc1O. The molecule has 0 unspecified atom stereocenters. The number of hydrogen-bond donors (Lipinski definition) is 1. The second-order valence-corrected chi connectivity index (χ2v) is 4.89. The number of hydrogen-bond acceptors (Lipinski definition) is 5. The average Bonchev–Trinajstić information content (AvgIpc) is 2.55. The van der Waals surface area contributed by atoms with Gasteiger partial charge in [0, 0.05) is 0 Å². The number of unbranched alkanes of at least 4 members (excludes halogenated alkanes) is 1. The summed E-state index contributed by atoms with van der Waals surface area (Å²) in [5, 5.41) is 9.69. The number of carbonyl (C=O) groups is 2. The van der Waals surface area contributed by atoms with Crippen molar-refractivity contribution >= 4 is 11.9 Å². The van der Waals surface area contributed by atoms with Crippen molar-refractivity contribution in [2.75, 3.05) is 6.61 Å². The van der Waals surface area contributed by atoms with E-state index in [9.17, 15) is 14.7 Å². The Kier molecular flexibility index (Phi) is 5.74. The standard InChI is InChI=1S/C18H18O5/c1-2-3-12-22-17(20)14-9-5-7-11-16(14)23-18(21)13-8-4-6-10-15(13)19/h4-11,19H,2-3,12H2,1H3. The first-order chi connectivity index (χ1) is 11.1. The highest BCUT2D eigenvalue weighted by atomic mass is 16.5. The summed E-state index contributed by atoms with van der Waals surface area (Å²) in [6.07, 6.45) is 1.68. The van der Waals surface area contributed by atoms with Gasteiger partial charge in [0.05, 0.1) is 6.61 Å². The van der Waals surface area contributed by atoms with Crippen LogP contribution in [0, 0.1) is 0 Å². The smallest absolute Gasteiger partial charge is 0.347 e. The van der Waals surface area contributed by atoms with Crippen molar-refractivity contribution in [3.8, 4) is 11.5 Å². The van der Waals surface area contributed by atoms with Gasteiger partial charge in [-0.3, -0.25) is 0 Å². The predicted octanol–water partition coefficient (Wildman–Crippen LogP) is 3.57. The van der Waals surface area contributed by atoms with E-state index in [1.54, 1.807) is 24.3 Å². The number of ether oxygens (including phenoxy) is 2. The minimum absolute atomic E-state index is 0.0293. The minimum Gasteiger partial charge on any atom is -0.507 e. The molecule has 0 aliphatic carbocycles. The molecular formula is C18H18O5. The molecule has 0 saturated heterocycles. The average molecular weight is 314 g/mol. The molecule has 0 amide bonds. The summed E-state index contributed by atoms with van der Waals surface area (Å²) in [5.41, 5.74) is 0.203. The lowest BCUT2D eigenvalue weighted by atomic mass is 10.2. The topological polar surface area (TPSA) is 72.8 Å². The fraction of sp³-hybridized carbons (Fsp3) is 0.222. The highest BCUT2D eigenvalue weighted by Crippen LogP contribution is 2.23. The van der Waals surface area contributed by atoms with Gasteiger partial charge in [0.2, 0.25) is 0 Å². The Morgan fingerprint density at radius 2 is 1.61 bits per heavy atom. The van der Waals surface area contributed by atoms with Crippen LogP contribution in [-0.4, -0.2) is 23.7 Å². The van der Waals surface area contributed by atoms with Crippen molar-refractivity contribution in [2.24, 2.45) is 0 Å². The first-order valence-electron chi connectivity index (χ1n) is 7.39. The molecule has 0 radical (unpaired) electrons. The molecule has 120 valence electrons. The molecule has 2 aromatic carbocycles. The van der Waals surface area contributed by atoms with Gasteiger partial charge in [0.15, 0.2) is 0 Å². The fourth-order valence-electron chi connectivity index (χ4n) is 1.91. The van der Waals surface area contributed by atoms with Crippen LogP contribution in [0.5, 0.6) is 11.5 Å². The number of rotatable bonds is 6. The molecule has 2 rings (SSSR count). The molecule has 0 saturated carbocycles. The molecule has 0 bridgehead atoms. The molecule has 23 heavy (non-hydrogen) atoms. The fourth-order valence-corrected chi connectivity index (χ4v) is 1.91. The van der Waals surface area contributed by atoms with Gasteiger partial charge in [-0.2, -0.15) is 0 Å². The van der Waals surface area contributed by atoms with Crippen molar-refractivity contribution in [3.63, 3.8) is 0 Å². The molecule has 0 spiro atoms. The normalized spacial score (nSPS) is 10.1. The van der Waals surface area contributed by atoms with Crippen LogP contribution in [0.2, 0.25) is 0 Å². The first kappa shape index (κ1) is 16.5. The van der Waals surface area contributed by atoms with Crippen LogP contribution in [0.1, 0.15) is 40.5 Å². The number of phenols is 1. The summed E-state index contributed by atoms with van der Waals surface area (Å²) in [5.74, 6) is -1.36. The molecule has 0 aromatic heterocycles. The van der Waals surface area contributed by atoms with E-state index in [0.29, 0.717) is 6.61 Å². The van der Waals surface area contributed by atoms with Crippen molar-refractivity contribution in [1.82, 2.24) is 0 Å². The van der Waals surface area contributed by atoms with E-state index in [-0.39, 0.29) is 22.6 Å². The zero-order valence-electron chi connectivity index (χ0n) is 12.8. The minimum atomic E-state index is -0.739. The monoisotopic (exact) mass is 314 g/mol. The van der Waals surface area contributed by atoms with Crippen LogP contribution in [0.3, 0.4) is 0 Å². The third kappa shape index (κ3) is 4.32. The maximum atomic E-state index is 12.1. The van der Waals surface area contributed by atoms with E-state index < -0.39 is 11.9 Å². The Labute approximate surface area is 134 Å². The summed E-state index contributed by atoms with van der Waals surface area (Å²) in [4.78, 5) is 24.2. The Balaban J connectivity index is 2.16. The lowest BCUT2D eigenvalue weighted by Crippen LogP contribution is -2.13.